The van der Waals surface area contributed by atoms with Crippen molar-refractivity contribution in [3.8, 4) is 0 Å². The molecule has 1 aromatic rings. The smallest absolute Gasteiger partial charge is 0.308 e. The average molecular weight is 255 g/mol. The van der Waals surface area contributed by atoms with E-state index in [1.165, 1.54) is 4.90 Å². The summed E-state index contributed by atoms with van der Waals surface area (Å²) in [6.45, 7) is 0.0515. The molecule has 2 rings (SSSR count). The molecule has 1 saturated heterocycles. The van der Waals surface area contributed by atoms with Gasteiger partial charge in [-0.1, -0.05) is 0 Å². The van der Waals surface area contributed by atoms with E-state index in [-0.39, 0.29) is 35.5 Å². The SMILES string of the molecule is Nc1nc(=S)nc(N2CC(C(=O)O)CC2=O)[nH]1. The Labute approximate surface area is 100 Å². The van der Waals surface area contributed by atoms with Crippen molar-refractivity contribution in [2.75, 3.05) is 17.2 Å². The van der Waals surface area contributed by atoms with Gasteiger partial charge in [0.05, 0.1) is 5.92 Å². The number of carboxylic acids is 1. The first-order valence-corrected chi connectivity index (χ1v) is 5.15. The number of nitrogens with zero attached hydrogens (tertiary/aromatic N) is 3. The van der Waals surface area contributed by atoms with Gasteiger partial charge in [0.2, 0.25) is 22.6 Å². The molecule has 9 heteroatoms. The summed E-state index contributed by atoms with van der Waals surface area (Å²) in [7, 11) is 0. The molecule has 1 aromatic heterocycles. The first-order valence-electron chi connectivity index (χ1n) is 4.74. The summed E-state index contributed by atoms with van der Waals surface area (Å²) >= 11 is 4.77. The minimum Gasteiger partial charge on any atom is -0.481 e. The Morgan fingerprint density at radius 1 is 1.59 bits per heavy atom. The summed E-state index contributed by atoms with van der Waals surface area (Å²) in [6.07, 6.45) is -0.0557. The molecular weight excluding hydrogens is 246 g/mol. The van der Waals surface area contributed by atoms with Gasteiger partial charge in [-0.25, -0.2) is 0 Å². The standard InChI is InChI=1S/C8H9N5O3S/c9-6-10-7(12-8(17)11-6)13-2-3(5(15)16)1-4(13)14/h3H,1-2H2,(H,15,16)(H3,9,10,11,12,17). The maximum atomic E-state index is 11.6. The molecular formula is C8H9N5O3S. The van der Waals surface area contributed by atoms with Crippen molar-refractivity contribution in [2.45, 2.75) is 6.42 Å². The fraction of sp³-hybridized carbons (Fsp3) is 0.375. The van der Waals surface area contributed by atoms with Gasteiger partial charge in [-0.3, -0.25) is 19.5 Å². The van der Waals surface area contributed by atoms with E-state index in [9.17, 15) is 9.59 Å². The molecule has 1 amide bonds. The zero-order valence-electron chi connectivity index (χ0n) is 8.58. The Morgan fingerprint density at radius 3 is 2.82 bits per heavy atom. The highest BCUT2D eigenvalue weighted by Gasteiger charge is 2.36. The van der Waals surface area contributed by atoms with Crippen LogP contribution in [0.4, 0.5) is 11.9 Å². The average Bonchev–Trinajstić information content (AvgIpc) is 2.59. The summed E-state index contributed by atoms with van der Waals surface area (Å²) in [5, 5.41) is 8.84. The molecule has 0 aliphatic carbocycles. The van der Waals surface area contributed by atoms with Crippen molar-refractivity contribution in [1.82, 2.24) is 15.0 Å². The molecule has 1 atom stereocenters. The lowest BCUT2D eigenvalue weighted by atomic mass is 10.1. The van der Waals surface area contributed by atoms with Gasteiger partial charge >= 0.3 is 5.97 Å². The monoisotopic (exact) mass is 255 g/mol. The second kappa shape index (κ2) is 4.09. The van der Waals surface area contributed by atoms with Crippen molar-refractivity contribution in [3.05, 3.63) is 4.77 Å². The first-order chi connectivity index (χ1) is 7.97. The van der Waals surface area contributed by atoms with E-state index in [1.54, 1.807) is 0 Å². The predicted octanol–water partition coefficient (Wildman–Crippen LogP) is -0.446. The van der Waals surface area contributed by atoms with Gasteiger partial charge in [0.15, 0.2) is 0 Å². The molecule has 1 unspecified atom stereocenters. The van der Waals surface area contributed by atoms with E-state index < -0.39 is 11.9 Å². The van der Waals surface area contributed by atoms with Gasteiger partial charge < -0.3 is 10.8 Å². The highest BCUT2D eigenvalue weighted by Crippen LogP contribution is 2.22. The summed E-state index contributed by atoms with van der Waals surface area (Å²) in [4.78, 5) is 33.7. The largest absolute Gasteiger partial charge is 0.481 e. The highest BCUT2D eigenvalue weighted by molar-refractivity contribution is 7.71. The molecule has 4 N–H and O–H groups in total. The van der Waals surface area contributed by atoms with Crippen molar-refractivity contribution in [2.24, 2.45) is 5.92 Å². The number of H-pyrrole nitrogens is 1. The third-order valence-electron chi connectivity index (χ3n) is 2.39. The van der Waals surface area contributed by atoms with Crippen LogP contribution in [0.1, 0.15) is 6.42 Å². The van der Waals surface area contributed by atoms with Crippen LogP contribution in [0.3, 0.4) is 0 Å². The summed E-state index contributed by atoms with van der Waals surface area (Å²) in [5.41, 5.74) is 5.44. The van der Waals surface area contributed by atoms with Crippen molar-refractivity contribution < 1.29 is 14.7 Å². The Hall–Kier alpha value is -2.03. The van der Waals surface area contributed by atoms with Gasteiger partial charge in [-0.2, -0.15) is 9.97 Å². The molecule has 90 valence electrons. The van der Waals surface area contributed by atoms with Gasteiger partial charge in [0, 0.05) is 13.0 Å². The highest BCUT2D eigenvalue weighted by atomic mass is 32.1. The molecule has 0 bridgehead atoms. The molecule has 1 aliphatic rings. The zero-order chi connectivity index (χ0) is 12.6. The van der Waals surface area contributed by atoms with Crippen LogP contribution in [0.2, 0.25) is 0 Å². The Kier molecular flexibility index (Phi) is 2.76. The number of anilines is 2. The molecule has 0 aromatic carbocycles. The number of rotatable bonds is 2. The maximum Gasteiger partial charge on any atom is 0.308 e. The summed E-state index contributed by atoms with van der Waals surface area (Å²) < 4.78 is 0.00262. The van der Waals surface area contributed by atoms with Gasteiger partial charge in [0.1, 0.15) is 0 Å². The van der Waals surface area contributed by atoms with Crippen molar-refractivity contribution in [1.29, 1.82) is 0 Å². The van der Waals surface area contributed by atoms with Crippen molar-refractivity contribution >= 4 is 36.0 Å². The van der Waals surface area contributed by atoms with Crippen LogP contribution in [-0.2, 0) is 9.59 Å². The number of carboxylic acid groups (broad SMARTS) is 1. The molecule has 8 nitrogen and oxygen atoms in total. The normalized spacial score (nSPS) is 19.6. The van der Waals surface area contributed by atoms with Crippen LogP contribution in [0.5, 0.6) is 0 Å². The summed E-state index contributed by atoms with van der Waals surface area (Å²) in [6, 6.07) is 0. The lowest BCUT2D eigenvalue weighted by Crippen LogP contribution is -2.28. The molecule has 1 aliphatic heterocycles. The fourth-order valence-electron chi connectivity index (χ4n) is 1.59. The van der Waals surface area contributed by atoms with E-state index in [4.69, 9.17) is 23.1 Å². The lowest BCUT2D eigenvalue weighted by molar-refractivity contribution is -0.141. The topological polar surface area (TPSA) is 125 Å². The van der Waals surface area contributed by atoms with Crippen LogP contribution < -0.4 is 10.6 Å². The number of hydrogen-bond donors (Lipinski definition) is 3. The number of aromatic amines is 1. The second-order valence-corrected chi connectivity index (χ2v) is 3.95. The van der Waals surface area contributed by atoms with E-state index >= 15 is 0 Å². The molecule has 0 saturated carbocycles. The van der Waals surface area contributed by atoms with Gasteiger partial charge in [0.25, 0.3) is 0 Å². The maximum absolute atomic E-state index is 11.6. The fourth-order valence-corrected chi connectivity index (χ4v) is 1.78. The Bertz CT molecular complexity index is 542. The number of aromatic nitrogens is 3. The van der Waals surface area contributed by atoms with Crippen LogP contribution in [0.15, 0.2) is 0 Å². The molecule has 1 fully saturated rings. The number of hydrogen-bond acceptors (Lipinski definition) is 6. The summed E-state index contributed by atoms with van der Waals surface area (Å²) in [5.74, 6) is -1.91. The molecule has 17 heavy (non-hydrogen) atoms. The number of carbonyl (C=O) groups excluding carboxylic acids is 1. The Morgan fingerprint density at radius 2 is 2.29 bits per heavy atom. The van der Waals surface area contributed by atoms with Crippen LogP contribution in [-0.4, -0.2) is 38.5 Å². The minimum absolute atomic E-state index is 0.00262. The third kappa shape index (κ3) is 2.23. The van der Waals surface area contributed by atoms with Crippen LogP contribution in [0.25, 0.3) is 0 Å². The molecule has 2 heterocycles. The third-order valence-corrected chi connectivity index (χ3v) is 2.57. The molecule has 0 radical (unpaired) electrons. The molecule has 0 spiro atoms. The quantitative estimate of drug-likeness (QED) is 0.611. The van der Waals surface area contributed by atoms with Crippen molar-refractivity contribution in [3.63, 3.8) is 0 Å². The minimum atomic E-state index is -1.01. The van der Waals surface area contributed by atoms with Gasteiger partial charge in [-0.05, 0) is 12.2 Å². The van der Waals surface area contributed by atoms with E-state index in [0.717, 1.165) is 0 Å². The van der Waals surface area contributed by atoms with E-state index in [1.807, 2.05) is 0 Å². The van der Waals surface area contributed by atoms with Crippen LogP contribution >= 0.6 is 12.2 Å². The lowest BCUT2D eigenvalue weighted by Gasteiger charge is -2.14. The number of carbonyl (C=O) groups is 2. The Balaban J connectivity index is 2.32. The van der Waals surface area contributed by atoms with Crippen LogP contribution in [0, 0.1) is 10.7 Å². The first kappa shape index (κ1) is 11.5. The van der Waals surface area contributed by atoms with E-state index in [0.29, 0.717) is 0 Å². The zero-order valence-corrected chi connectivity index (χ0v) is 9.40. The number of nitrogens with one attached hydrogen (secondary N) is 1. The number of nitrogens with two attached hydrogens (primary N) is 1. The van der Waals surface area contributed by atoms with E-state index in [2.05, 4.69) is 15.0 Å². The number of amides is 1. The number of aliphatic carboxylic acids is 1. The van der Waals surface area contributed by atoms with Gasteiger partial charge in [-0.15, -0.1) is 0 Å². The number of nitrogen functional groups attached to an aromatic ring is 1. The second-order valence-electron chi connectivity index (χ2n) is 3.58. The predicted molar refractivity (Wildman–Crippen MR) is 59.7 cm³/mol.